The minimum Gasteiger partial charge on any atom is -0.396 e. The van der Waals surface area contributed by atoms with Crippen molar-refractivity contribution in [1.29, 1.82) is 0 Å². The Morgan fingerprint density at radius 3 is 2.79 bits per heavy atom. The molecule has 76 valence electrons. The molecule has 2 N–H and O–H groups in total. The maximum absolute atomic E-state index is 9.11. The molecule has 0 spiro atoms. The number of hydrogen-bond donors (Lipinski definition) is 2. The molecule has 0 aromatic carbocycles. The molecule has 0 radical (unpaired) electrons. The number of aromatic nitrogens is 1. The van der Waals surface area contributed by atoms with Crippen LogP contribution in [-0.2, 0) is 0 Å². The molecule has 1 saturated carbocycles. The van der Waals surface area contributed by atoms with Crippen molar-refractivity contribution in [2.75, 3.05) is 18.5 Å². The Hall–Kier alpha value is -0.610. The normalized spacial score (nSPS) is 17.9. The minimum absolute atomic E-state index is 0.134. The van der Waals surface area contributed by atoms with Gasteiger partial charge >= 0.3 is 0 Å². The largest absolute Gasteiger partial charge is 0.396 e. The van der Waals surface area contributed by atoms with Crippen LogP contribution in [0.15, 0.2) is 22.8 Å². The highest BCUT2D eigenvalue weighted by Gasteiger charge is 2.41. The second kappa shape index (κ2) is 3.87. The third-order valence-corrected chi connectivity index (χ3v) is 3.13. The molecule has 2 rings (SSSR count). The van der Waals surface area contributed by atoms with E-state index in [-0.39, 0.29) is 12.0 Å². The van der Waals surface area contributed by atoms with Crippen LogP contribution < -0.4 is 5.32 Å². The second-order valence-corrected chi connectivity index (χ2v) is 4.79. The van der Waals surface area contributed by atoms with E-state index in [1.165, 1.54) is 0 Å². The topological polar surface area (TPSA) is 45.1 Å². The van der Waals surface area contributed by atoms with Crippen LogP contribution in [0.3, 0.4) is 0 Å². The SMILES string of the molecule is OCC1(CNc2ccc(Br)cn2)CC1. The monoisotopic (exact) mass is 256 g/mol. The van der Waals surface area contributed by atoms with Crippen LogP contribution in [0.1, 0.15) is 12.8 Å². The zero-order chi connectivity index (χ0) is 10.0. The fourth-order valence-electron chi connectivity index (χ4n) is 1.33. The van der Waals surface area contributed by atoms with Crippen molar-refractivity contribution in [3.05, 3.63) is 22.8 Å². The van der Waals surface area contributed by atoms with Gasteiger partial charge in [0.15, 0.2) is 0 Å². The lowest BCUT2D eigenvalue weighted by atomic mass is 10.1. The molecule has 0 aliphatic heterocycles. The van der Waals surface area contributed by atoms with Gasteiger partial charge in [-0.3, -0.25) is 0 Å². The van der Waals surface area contributed by atoms with E-state index < -0.39 is 0 Å². The third-order valence-electron chi connectivity index (χ3n) is 2.66. The Kier molecular flexibility index (Phi) is 2.74. The van der Waals surface area contributed by atoms with Gasteiger partial charge in [0.1, 0.15) is 5.82 Å². The van der Waals surface area contributed by atoms with Gasteiger partial charge in [0.2, 0.25) is 0 Å². The summed E-state index contributed by atoms with van der Waals surface area (Å²) in [6.45, 7) is 1.09. The van der Waals surface area contributed by atoms with Crippen LogP contribution in [-0.4, -0.2) is 23.2 Å². The number of rotatable bonds is 4. The quantitative estimate of drug-likeness (QED) is 0.867. The van der Waals surface area contributed by atoms with Crippen LogP contribution >= 0.6 is 15.9 Å². The molecule has 1 aliphatic carbocycles. The van der Waals surface area contributed by atoms with Crippen molar-refractivity contribution in [2.45, 2.75) is 12.8 Å². The number of aliphatic hydroxyl groups excluding tert-OH is 1. The van der Waals surface area contributed by atoms with Crippen molar-refractivity contribution in [2.24, 2.45) is 5.41 Å². The molecule has 0 bridgehead atoms. The van der Waals surface area contributed by atoms with Gasteiger partial charge in [-0.2, -0.15) is 0 Å². The predicted octanol–water partition coefficient (Wildman–Crippen LogP) is 2.03. The van der Waals surface area contributed by atoms with Gasteiger partial charge in [0.25, 0.3) is 0 Å². The van der Waals surface area contributed by atoms with Gasteiger partial charge in [-0.1, -0.05) is 0 Å². The van der Waals surface area contributed by atoms with Gasteiger partial charge in [0.05, 0.1) is 6.61 Å². The van der Waals surface area contributed by atoms with E-state index in [4.69, 9.17) is 5.11 Å². The highest BCUT2D eigenvalue weighted by molar-refractivity contribution is 9.10. The molecule has 0 amide bonds. The van der Waals surface area contributed by atoms with Crippen molar-refractivity contribution < 1.29 is 5.11 Å². The van der Waals surface area contributed by atoms with E-state index in [1.807, 2.05) is 12.1 Å². The number of hydrogen-bond acceptors (Lipinski definition) is 3. The first-order valence-corrected chi connectivity index (χ1v) is 5.50. The maximum atomic E-state index is 9.11. The summed E-state index contributed by atoms with van der Waals surface area (Å²) in [5, 5.41) is 12.3. The Balaban J connectivity index is 1.89. The van der Waals surface area contributed by atoms with Gasteiger partial charge < -0.3 is 10.4 Å². The molecule has 4 heteroatoms. The van der Waals surface area contributed by atoms with Crippen LogP contribution in [0.5, 0.6) is 0 Å². The number of nitrogens with one attached hydrogen (secondary N) is 1. The van der Waals surface area contributed by atoms with Gasteiger partial charge in [-0.05, 0) is 40.9 Å². The summed E-state index contributed by atoms with van der Waals surface area (Å²) in [6.07, 6.45) is 4.00. The van der Waals surface area contributed by atoms with Crippen LogP contribution in [0.2, 0.25) is 0 Å². The van der Waals surface area contributed by atoms with Gasteiger partial charge in [-0.15, -0.1) is 0 Å². The number of halogens is 1. The Morgan fingerprint density at radius 2 is 2.29 bits per heavy atom. The summed E-state index contributed by atoms with van der Waals surface area (Å²) >= 11 is 3.33. The van der Waals surface area contributed by atoms with E-state index >= 15 is 0 Å². The Bertz CT molecular complexity index is 308. The molecule has 3 nitrogen and oxygen atoms in total. The highest BCUT2D eigenvalue weighted by atomic mass is 79.9. The zero-order valence-electron chi connectivity index (χ0n) is 7.83. The molecule has 1 heterocycles. The maximum Gasteiger partial charge on any atom is 0.125 e. The summed E-state index contributed by atoms with van der Waals surface area (Å²) in [5.41, 5.74) is 0.134. The predicted molar refractivity (Wildman–Crippen MR) is 59.2 cm³/mol. The van der Waals surface area contributed by atoms with Crippen molar-refractivity contribution >= 4 is 21.7 Å². The molecule has 1 aliphatic rings. The van der Waals surface area contributed by atoms with E-state index in [0.717, 1.165) is 29.7 Å². The van der Waals surface area contributed by atoms with Crippen LogP contribution in [0, 0.1) is 5.41 Å². The van der Waals surface area contributed by atoms with Crippen molar-refractivity contribution in [3.63, 3.8) is 0 Å². The van der Waals surface area contributed by atoms with Crippen LogP contribution in [0.4, 0.5) is 5.82 Å². The first kappa shape index (κ1) is 9.93. The number of pyridine rings is 1. The average molecular weight is 257 g/mol. The summed E-state index contributed by atoms with van der Waals surface area (Å²) in [4.78, 5) is 4.20. The smallest absolute Gasteiger partial charge is 0.125 e. The molecule has 0 unspecified atom stereocenters. The van der Waals surface area contributed by atoms with Crippen molar-refractivity contribution in [1.82, 2.24) is 4.98 Å². The first-order chi connectivity index (χ1) is 6.74. The van der Waals surface area contributed by atoms with E-state index in [0.29, 0.717) is 0 Å². The second-order valence-electron chi connectivity index (χ2n) is 3.87. The molecular weight excluding hydrogens is 244 g/mol. The summed E-state index contributed by atoms with van der Waals surface area (Å²) in [5.74, 6) is 0.868. The Labute approximate surface area is 91.7 Å². The molecule has 1 fully saturated rings. The number of nitrogens with zero attached hydrogens (tertiary/aromatic N) is 1. The number of anilines is 1. The summed E-state index contributed by atoms with van der Waals surface area (Å²) in [6, 6.07) is 3.88. The molecule has 0 atom stereocenters. The standard InChI is InChI=1S/C10H13BrN2O/c11-8-1-2-9(12-5-8)13-6-10(7-14)3-4-10/h1-2,5,14H,3-4,6-7H2,(H,12,13). The highest BCUT2D eigenvalue weighted by Crippen LogP contribution is 2.44. The van der Waals surface area contributed by atoms with Crippen LogP contribution in [0.25, 0.3) is 0 Å². The van der Waals surface area contributed by atoms with E-state index in [9.17, 15) is 0 Å². The Morgan fingerprint density at radius 1 is 1.50 bits per heavy atom. The first-order valence-electron chi connectivity index (χ1n) is 4.70. The summed E-state index contributed by atoms with van der Waals surface area (Å²) in [7, 11) is 0. The minimum atomic E-state index is 0.134. The molecule has 1 aromatic rings. The molecule has 14 heavy (non-hydrogen) atoms. The lowest BCUT2D eigenvalue weighted by Gasteiger charge is -2.12. The third kappa shape index (κ3) is 2.25. The molecule has 0 saturated heterocycles. The zero-order valence-corrected chi connectivity index (χ0v) is 9.42. The molecular formula is C10H13BrN2O. The number of aliphatic hydroxyl groups is 1. The molecule has 1 aromatic heterocycles. The average Bonchev–Trinajstić information content (AvgIpc) is 2.98. The van der Waals surface area contributed by atoms with Crippen molar-refractivity contribution in [3.8, 4) is 0 Å². The van der Waals surface area contributed by atoms with E-state index in [2.05, 4.69) is 26.2 Å². The summed E-state index contributed by atoms with van der Waals surface area (Å²) < 4.78 is 0.978. The lowest BCUT2D eigenvalue weighted by Crippen LogP contribution is -2.19. The van der Waals surface area contributed by atoms with E-state index in [1.54, 1.807) is 6.20 Å². The fourth-order valence-corrected chi connectivity index (χ4v) is 1.56. The van der Waals surface area contributed by atoms with Gasteiger partial charge in [0, 0.05) is 22.6 Å². The van der Waals surface area contributed by atoms with Gasteiger partial charge in [-0.25, -0.2) is 4.98 Å². The lowest BCUT2D eigenvalue weighted by molar-refractivity contribution is 0.219. The fraction of sp³-hybridized carbons (Fsp3) is 0.500.